The van der Waals surface area contributed by atoms with Crippen LogP contribution in [0.1, 0.15) is 15.4 Å². The van der Waals surface area contributed by atoms with Crippen molar-refractivity contribution < 1.29 is 9.90 Å². The maximum atomic E-state index is 10.6. The van der Waals surface area contributed by atoms with E-state index < -0.39 is 5.97 Å². The van der Waals surface area contributed by atoms with Crippen LogP contribution < -0.4 is 0 Å². The molecule has 0 saturated heterocycles. The minimum atomic E-state index is -0.972. The number of fused-ring (bicyclic) bond motifs is 1. The molecule has 0 aliphatic rings. The van der Waals surface area contributed by atoms with Crippen molar-refractivity contribution in [2.75, 3.05) is 0 Å². The Balaban J connectivity index is 2.67. The highest BCUT2D eigenvalue weighted by Crippen LogP contribution is 2.19. The summed E-state index contributed by atoms with van der Waals surface area (Å²) in [7, 11) is 0. The number of aromatic nitrogens is 2. The number of carbonyl (C=O) groups is 1. The first kappa shape index (κ1) is 8.12. The monoisotopic (exact) mass is 194 g/mol. The van der Waals surface area contributed by atoms with E-state index in [1.807, 2.05) is 6.92 Å². The number of carboxylic acids is 1. The third kappa shape index (κ3) is 1.38. The van der Waals surface area contributed by atoms with E-state index in [-0.39, 0.29) is 5.56 Å². The molecule has 4 nitrogen and oxygen atoms in total. The Morgan fingerprint density at radius 1 is 1.62 bits per heavy atom. The number of carboxylic acid groups (broad SMARTS) is 1. The molecular formula is C8H6N2O2S. The Morgan fingerprint density at radius 2 is 2.38 bits per heavy atom. The summed E-state index contributed by atoms with van der Waals surface area (Å²) in [5.74, 6) is -0.972. The van der Waals surface area contributed by atoms with Crippen LogP contribution in [-0.2, 0) is 0 Å². The first-order valence-corrected chi connectivity index (χ1v) is 4.45. The highest BCUT2D eigenvalue weighted by atomic mass is 32.1. The van der Waals surface area contributed by atoms with Crippen LogP contribution in [0.2, 0.25) is 0 Å². The molecule has 0 atom stereocenters. The third-order valence-electron chi connectivity index (χ3n) is 1.60. The van der Waals surface area contributed by atoms with E-state index in [9.17, 15) is 4.79 Å². The molecule has 0 bridgehead atoms. The van der Waals surface area contributed by atoms with Crippen LogP contribution in [0.4, 0.5) is 0 Å². The summed E-state index contributed by atoms with van der Waals surface area (Å²) < 4.78 is 0. The maximum absolute atomic E-state index is 10.6. The molecule has 0 saturated carbocycles. The van der Waals surface area contributed by atoms with E-state index >= 15 is 0 Å². The molecule has 0 unspecified atom stereocenters. The summed E-state index contributed by atoms with van der Waals surface area (Å²) in [6, 6.07) is 1.54. The standard InChI is InChI=1S/C8H6N2O2S/c1-4-10-6-2-5(8(11)12)3-9-7(6)13-4/h2-3H,1H3,(H,11,12). The Kier molecular flexibility index (Phi) is 1.73. The summed E-state index contributed by atoms with van der Waals surface area (Å²) in [5, 5.41) is 9.58. The second-order valence-electron chi connectivity index (χ2n) is 2.59. The van der Waals surface area contributed by atoms with Crippen LogP contribution in [0.15, 0.2) is 12.3 Å². The average Bonchev–Trinajstić information content (AvgIpc) is 2.42. The van der Waals surface area contributed by atoms with Crippen molar-refractivity contribution in [1.82, 2.24) is 9.97 Å². The van der Waals surface area contributed by atoms with Gasteiger partial charge in [-0.05, 0) is 13.0 Å². The SMILES string of the molecule is Cc1nc2cc(C(=O)O)cnc2s1. The van der Waals surface area contributed by atoms with Crippen molar-refractivity contribution in [3.05, 3.63) is 22.8 Å². The molecule has 0 spiro atoms. The lowest BCUT2D eigenvalue weighted by atomic mass is 10.3. The van der Waals surface area contributed by atoms with Crippen molar-refractivity contribution in [3.8, 4) is 0 Å². The van der Waals surface area contributed by atoms with Crippen molar-refractivity contribution in [1.29, 1.82) is 0 Å². The van der Waals surface area contributed by atoms with E-state index in [2.05, 4.69) is 9.97 Å². The zero-order valence-electron chi connectivity index (χ0n) is 6.81. The van der Waals surface area contributed by atoms with Crippen molar-refractivity contribution in [3.63, 3.8) is 0 Å². The van der Waals surface area contributed by atoms with Gasteiger partial charge in [0.1, 0.15) is 10.3 Å². The first-order chi connectivity index (χ1) is 6.16. The number of rotatable bonds is 1. The van der Waals surface area contributed by atoms with Crippen molar-refractivity contribution in [2.45, 2.75) is 6.92 Å². The molecule has 0 aliphatic heterocycles. The van der Waals surface area contributed by atoms with Gasteiger partial charge >= 0.3 is 5.97 Å². The first-order valence-electron chi connectivity index (χ1n) is 3.63. The fourth-order valence-corrected chi connectivity index (χ4v) is 1.79. The summed E-state index contributed by atoms with van der Waals surface area (Å²) in [6.45, 7) is 1.87. The predicted octanol–water partition coefficient (Wildman–Crippen LogP) is 1.70. The van der Waals surface area contributed by atoms with Gasteiger partial charge in [0.15, 0.2) is 0 Å². The highest BCUT2D eigenvalue weighted by molar-refractivity contribution is 7.18. The van der Waals surface area contributed by atoms with E-state index in [0.717, 1.165) is 9.84 Å². The lowest BCUT2D eigenvalue weighted by Gasteiger charge is -1.91. The van der Waals surface area contributed by atoms with Gasteiger partial charge in [0.05, 0.1) is 10.6 Å². The van der Waals surface area contributed by atoms with Crippen LogP contribution in [-0.4, -0.2) is 21.0 Å². The molecule has 0 aromatic carbocycles. The Bertz CT molecular complexity index is 478. The van der Waals surface area contributed by atoms with E-state index in [0.29, 0.717) is 5.52 Å². The summed E-state index contributed by atoms with van der Waals surface area (Å²) in [4.78, 5) is 19.5. The van der Waals surface area contributed by atoms with E-state index in [1.54, 1.807) is 0 Å². The number of aryl methyl sites for hydroxylation is 1. The van der Waals surface area contributed by atoms with Crippen LogP contribution >= 0.6 is 11.3 Å². The minimum Gasteiger partial charge on any atom is -0.478 e. The lowest BCUT2D eigenvalue weighted by molar-refractivity contribution is 0.0696. The van der Waals surface area contributed by atoms with Crippen LogP contribution in [0, 0.1) is 6.92 Å². The molecule has 2 aromatic heterocycles. The smallest absolute Gasteiger partial charge is 0.337 e. The van der Waals surface area contributed by atoms with Gasteiger partial charge in [-0.2, -0.15) is 0 Å². The molecule has 0 aliphatic carbocycles. The second-order valence-corrected chi connectivity index (χ2v) is 3.77. The van der Waals surface area contributed by atoms with Crippen molar-refractivity contribution >= 4 is 27.7 Å². The van der Waals surface area contributed by atoms with Crippen molar-refractivity contribution in [2.24, 2.45) is 0 Å². The number of hydrogen-bond acceptors (Lipinski definition) is 4. The Hall–Kier alpha value is -1.49. The number of pyridine rings is 1. The lowest BCUT2D eigenvalue weighted by Crippen LogP contribution is -1.96. The number of aromatic carboxylic acids is 1. The summed E-state index contributed by atoms with van der Waals surface area (Å²) in [6.07, 6.45) is 1.35. The molecule has 2 heterocycles. The van der Waals surface area contributed by atoms with Gasteiger partial charge in [0.25, 0.3) is 0 Å². The van der Waals surface area contributed by atoms with Gasteiger partial charge in [0, 0.05) is 6.20 Å². The fourth-order valence-electron chi connectivity index (χ4n) is 1.05. The Labute approximate surface area is 77.9 Å². The molecule has 0 fully saturated rings. The number of nitrogens with zero attached hydrogens (tertiary/aromatic N) is 2. The van der Waals surface area contributed by atoms with Crippen LogP contribution in [0.5, 0.6) is 0 Å². The maximum Gasteiger partial charge on any atom is 0.337 e. The number of thiazole rings is 1. The minimum absolute atomic E-state index is 0.179. The molecule has 1 N–H and O–H groups in total. The summed E-state index contributed by atoms with van der Waals surface area (Å²) in [5.41, 5.74) is 0.834. The van der Waals surface area contributed by atoms with E-state index in [1.165, 1.54) is 23.6 Å². The zero-order chi connectivity index (χ0) is 9.42. The van der Waals surface area contributed by atoms with Gasteiger partial charge < -0.3 is 5.11 Å². The third-order valence-corrected chi connectivity index (χ3v) is 2.50. The molecule has 0 amide bonds. The Morgan fingerprint density at radius 3 is 3.08 bits per heavy atom. The highest BCUT2D eigenvalue weighted by Gasteiger charge is 2.07. The zero-order valence-corrected chi connectivity index (χ0v) is 7.63. The molecule has 2 aromatic rings. The normalized spacial score (nSPS) is 10.5. The molecule has 13 heavy (non-hydrogen) atoms. The molecule has 5 heteroatoms. The predicted molar refractivity (Wildman–Crippen MR) is 49.1 cm³/mol. The summed E-state index contributed by atoms with van der Waals surface area (Å²) >= 11 is 1.46. The second kappa shape index (κ2) is 2.77. The topological polar surface area (TPSA) is 63.1 Å². The van der Waals surface area contributed by atoms with E-state index in [4.69, 9.17) is 5.11 Å². The van der Waals surface area contributed by atoms with Crippen LogP contribution in [0.3, 0.4) is 0 Å². The van der Waals surface area contributed by atoms with Gasteiger partial charge in [-0.3, -0.25) is 0 Å². The van der Waals surface area contributed by atoms with Gasteiger partial charge in [-0.15, -0.1) is 0 Å². The quantitative estimate of drug-likeness (QED) is 0.750. The largest absolute Gasteiger partial charge is 0.478 e. The molecular weight excluding hydrogens is 188 g/mol. The van der Waals surface area contributed by atoms with Gasteiger partial charge in [-0.25, -0.2) is 14.8 Å². The molecule has 2 rings (SSSR count). The number of hydrogen-bond donors (Lipinski definition) is 1. The average molecular weight is 194 g/mol. The molecule has 66 valence electrons. The van der Waals surface area contributed by atoms with Gasteiger partial charge in [0.2, 0.25) is 0 Å². The fraction of sp³-hybridized carbons (Fsp3) is 0.125. The molecule has 0 radical (unpaired) electrons. The van der Waals surface area contributed by atoms with Crippen LogP contribution in [0.25, 0.3) is 10.3 Å². The van der Waals surface area contributed by atoms with Gasteiger partial charge in [-0.1, -0.05) is 11.3 Å².